The van der Waals surface area contributed by atoms with Gasteiger partial charge >= 0.3 is 0 Å². The number of allylic oxidation sites excluding steroid dienone is 3. The van der Waals surface area contributed by atoms with Gasteiger partial charge in [-0.1, -0.05) is 58.0 Å². The molecule has 1 heterocycles. The van der Waals surface area contributed by atoms with Crippen LogP contribution >= 0.6 is 0 Å². The molecule has 0 saturated carbocycles. The normalized spacial score (nSPS) is 11.3. The summed E-state index contributed by atoms with van der Waals surface area (Å²) in [5.41, 5.74) is 12.7. The molecule has 32 heavy (non-hydrogen) atoms. The molecule has 0 unspecified atom stereocenters. The highest BCUT2D eigenvalue weighted by Gasteiger charge is 2.04. The number of hydrogen-bond acceptors (Lipinski definition) is 4. The lowest BCUT2D eigenvalue weighted by atomic mass is 10.0. The Kier molecular flexibility index (Phi) is 15.3. The summed E-state index contributed by atoms with van der Waals surface area (Å²) in [6, 6.07) is 12.5. The van der Waals surface area contributed by atoms with E-state index in [4.69, 9.17) is 5.73 Å². The molecule has 0 fully saturated rings. The van der Waals surface area contributed by atoms with Crippen molar-refractivity contribution in [3.8, 4) is 0 Å². The molecule has 0 bridgehead atoms. The van der Waals surface area contributed by atoms with Crippen LogP contribution < -0.4 is 10.6 Å². The average molecular weight is 437 g/mol. The Morgan fingerprint density at radius 3 is 2.16 bits per heavy atom. The van der Waals surface area contributed by atoms with Crippen LogP contribution in [0, 0.1) is 13.8 Å². The molecule has 2 N–H and O–H groups in total. The van der Waals surface area contributed by atoms with Gasteiger partial charge in [-0.3, -0.25) is 4.98 Å². The highest BCUT2D eigenvalue weighted by atomic mass is 15.1. The lowest BCUT2D eigenvalue weighted by Crippen LogP contribution is -2.24. The molecule has 1 aromatic heterocycles. The Hall–Kier alpha value is -2.88. The van der Waals surface area contributed by atoms with Gasteiger partial charge in [0, 0.05) is 30.7 Å². The summed E-state index contributed by atoms with van der Waals surface area (Å²) in [6.07, 6.45) is 6.32. The van der Waals surface area contributed by atoms with E-state index in [-0.39, 0.29) is 0 Å². The van der Waals surface area contributed by atoms with Gasteiger partial charge in [-0.05, 0) is 81.7 Å². The van der Waals surface area contributed by atoms with Gasteiger partial charge in [-0.25, -0.2) is 4.99 Å². The van der Waals surface area contributed by atoms with Crippen molar-refractivity contribution in [2.75, 3.05) is 18.0 Å². The van der Waals surface area contributed by atoms with Crippen molar-refractivity contribution in [3.63, 3.8) is 0 Å². The van der Waals surface area contributed by atoms with Crippen LogP contribution in [0.2, 0.25) is 0 Å². The Morgan fingerprint density at radius 2 is 1.66 bits per heavy atom. The maximum atomic E-state index is 5.69. The van der Waals surface area contributed by atoms with Gasteiger partial charge in [0.2, 0.25) is 0 Å². The van der Waals surface area contributed by atoms with Gasteiger partial charge in [-0.15, -0.1) is 0 Å². The molecular weight excluding hydrogens is 392 g/mol. The highest BCUT2D eigenvalue weighted by molar-refractivity contribution is 5.68. The number of pyridine rings is 1. The maximum absolute atomic E-state index is 5.69. The summed E-state index contributed by atoms with van der Waals surface area (Å²) in [6.45, 7) is 22.3. The van der Waals surface area contributed by atoms with E-state index in [1.165, 1.54) is 35.2 Å². The zero-order valence-corrected chi connectivity index (χ0v) is 21.6. The van der Waals surface area contributed by atoms with E-state index in [2.05, 4.69) is 73.6 Å². The van der Waals surface area contributed by atoms with Crippen LogP contribution in [0.25, 0.3) is 5.57 Å². The molecule has 176 valence electrons. The number of nitrogens with two attached hydrogens (primary N) is 1. The monoisotopic (exact) mass is 436 g/mol. The van der Waals surface area contributed by atoms with E-state index in [0.717, 1.165) is 24.4 Å². The van der Waals surface area contributed by atoms with Crippen LogP contribution in [-0.4, -0.2) is 24.8 Å². The van der Waals surface area contributed by atoms with Crippen molar-refractivity contribution in [2.24, 2.45) is 10.7 Å². The number of benzene rings is 1. The smallest absolute Gasteiger partial charge is 0.125 e. The number of aryl methyl sites for hydroxylation is 2. The minimum Gasteiger partial charge on any atom is -0.384 e. The zero-order chi connectivity index (χ0) is 24.5. The molecular formula is C28H44N4. The summed E-state index contributed by atoms with van der Waals surface area (Å²) in [7, 11) is 0. The molecule has 0 spiro atoms. The first-order chi connectivity index (χ1) is 15.3. The summed E-state index contributed by atoms with van der Waals surface area (Å²) in [5, 5.41) is 0. The number of aliphatic imine (C=N–C) groups is 1. The third-order valence-electron chi connectivity index (χ3n) is 4.81. The number of nitrogens with zero attached hydrogens (tertiary/aromatic N) is 3. The molecule has 0 radical (unpaired) electrons. The molecule has 0 aliphatic rings. The SMILES string of the molecule is C=N/C(N)=C(C)\C=C(/C)c1ccccc1C.CC.CCCN(CCC)c1ccnc(C)c1. The molecule has 2 aromatic rings. The second-order valence-electron chi connectivity index (χ2n) is 7.51. The predicted molar refractivity (Wildman–Crippen MR) is 144 cm³/mol. The largest absolute Gasteiger partial charge is 0.384 e. The third-order valence-corrected chi connectivity index (χ3v) is 4.81. The average Bonchev–Trinajstić information content (AvgIpc) is 2.80. The fraction of sp³-hybridized carbons (Fsp3) is 0.429. The quantitative estimate of drug-likeness (QED) is 0.348. The standard InChI is InChI=1S/C14H18N2.C12H20N2.C2H6/c1-10-7-5-6-8-13(10)11(2)9-12(3)14(15)16-4;1-4-8-14(9-5-2)12-6-7-13-11(3)10-12;1-2/h5-9H,4,15H2,1-3H3;6-7,10H,4-5,8-9H2,1-3H3;1-2H3/b11-9+,14-12-;;. The maximum Gasteiger partial charge on any atom is 0.125 e. The molecule has 0 saturated heterocycles. The Bertz CT molecular complexity index is 859. The Labute approximate surface area is 197 Å². The molecule has 0 aliphatic heterocycles. The minimum atomic E-state index is 0.480. The fourth-order valence-electron chi connectivity index (χ4n) is 3.25. The van der Waals surface area contributed by atoms with Gasteiger partial charge in [0.25, 0.3) is 0 Å². The molecule has 4 nitrogen and oxygen atoms in total. The first-order valence-corrected chi connectivity index (χ1v) is 11.7. The number of anilines is 1. The first kappa shape index (κ1) is 29.1. The number of rotatable bonds is 8. The number of aromatic nitrogens is 1. The Balaban J connectivity index is 0.000000561. The predicted octanol–water partition coefficient (Wildman–Crippen LogP) is 7.33. The van der Waals surface area contributed by atoms with E-state index >= 15 is 0 Å². The highest BCUT2D eigenvalue weighted by Crippen LogP contribution is 2.20. The van der Waals surface area contributed by atoms with Crippen LogP contribution in [0.5, 0.6) is 0 Å². The summed E-state index contributed by atoms with van der Waals surface area (Å²) >= 11 is 0. The van der Waals surface area contributed by atoms with E-state index < -0.39 is 0 Å². The van der Waals surface area contributed by atoms with Gasteiger partial charge in [0.1, 0.15) is 5.82 Å². The zero-order valence-electron chi connectivity index (χ0n) is 21.6. The van der Waals surface area contributed by atoms with Crippen molar-refractivity contribution in [2.45, 2.75) is 68.2 Å². The van der Waals surface area contributed by atoms with E-state index in [9.17, 15) is 0 Å². The Morgan fingerprint density at radius 1 is 1.06 bits per heavy atom. The van der Waals surface area contributed by atoms with Gasteiger partial charge in [0.05, 0.1) is 0 Å². The second-order valence-corrected chi connectivity index (χ2v) is 7.51. The summed E-state index contributed by atoms with van der Waals surface area (Å²) < 4.78 is 0. The van der Waals surface area contributed by atoms with Crippen molar-refractivity contribution < 1.29 is 0 Å². The van der Waals surface area contributed by atoms with E-state index in [0.29, 0.717) is 5.82 Å². The third kappa shape index (κ3) is 10.4. The molecule has 0 amide bonds. The van der Waals surface area contributed by atoms with Gasteiger partial charge < -0.3 is 10.6 Å². The summed E-state index contributed by atoms with van der Waals surface area (Å²) in [5.74, 6) is 0.480. The van der Waals surface area contributed by atoms with Gasteiger partial charge in [0.15, 0.2) is 0 Å². The molecule has 2 rings (SSSR count). The lowest BCUT2D eigenvalue weighted by molar-refractivity contribution is 0.744. The minimum absolute atomic E-state index is 0.480. The van der Waals surface area contributed by atoms with Crippen molar-refractivity contribution in [3.05, 3.63) is 76.9 Å². The van der Waals surface area contributed by atoms with E-state index in [1.807, 2.05) is 52.1 Å². The second kappa shape index (κ2) is 16.8. The van der Waals surface area contributed by atoms with Crippen molar-refractivity contribution >= 4 is 18.0 Å². The lowest BCUT2D eigenvalue weighted by Gasteiger charge is -2.23. The molecule has 4 heteroatoms. The molecule has 1 aromatic carbocycles. The van der Waals surface area contributed by atoms with Crippen LogP contribution in [0.4, 0.5) is 5.69 Å². The molecule has 0 atom stereocenters. The van der Waals surface area contributed by atoms with Crippen LogP contribution in [-0.2, 0) is 0 Å². The van der Waals surface area contributed by atoms with Gasteiger partial charge in [-0.2, -0.15) is 0 Å². The van der Waals surface area contributed by atoms with Crippen LogP contribution in [0.3, 0.4) is 0 Å². The van der Waals surface area contributed by atoms with Crippen LogP contribution in [0.15, 0.2) is 65.1 Å². The molecule has 0 aliphatic carbocycles. The first-order valence-electron chi connectivity index (χ1n) is 11.7. The topological polar surface area (TPSA) is 54.5 Å². The number of hydrogen-bond donors (Lipinski definition) is 1. The van der Waals surface area contributed by atoms with Crippen molar-refractivity contribution in [1.82, 2.24) is 4.98 Å². The van der Waals surface area contributed by atoms with E-state index in [1.54, 1.807) is 0 Å². The fourth-order valence-corrected chi connectivity index (χ4v) is 3.25. The summed E-state index contributed by atoms with van der Waals surface area (Å²) in [4.78, 5) is 10.4. The van der Waals surface area contributed by atoms with Crippen LogP contribution in [0.1, 0.15) is 71.2 Å². The van der Waals surface area contributed by atoms with Crippen molar-refractivity contribution in [1.29, 1.82) is 0 Å².